The summed E-state index contributed by atoms with van der Waals surface area (Å²) in [6, 6.07) is 8.80. The van der Waals surface area contributed by atoms with Gasteiger partial charge in [0.2, 0.25) is 0 Å². The van der Waals surface area contributed by atoms with Gasteiger partial charge in [-0.25, -0.2) is 9.78 Å². The molecule has 0 aliphatic carbocycles. The van der Waals surface area contributed by atoms with Crippen LogP contribution in [0.5, 0.6) is 17.2 Å². The highest BCUT2D eigenvalue weighted by Crippen LogP contribution is 2.38. The van der Waals surface area contributed by atoms with Crippen LogP contribution in [0.1, 0.15) is 30.7 Å². The van der Waals surface area contributed by atoms with Crippen LogP contribution in [0, 0.1) is 0 Å². The molecule has 1 unspecified atom stereocenters. The number of fused-ring (bicyclic) bond motifs is 2. The van der Waals surface area contributed by atoms with Crippen molar-refractivity contribution < 1.29 is 41.7 Å². The topological polar surface area (TPSA) is 88.4 Å². The van der Waals surface area contributed by atoms with Gasteiger partial charge in [0.25, 0.3) is 0 Å². The lowest BCUT2D eigenvalue weighted by Gasteiger charge is -2.10. The molecule has 1 aliphatic heterocycles. The fraction of sp³-hybridized carbons (Fsp3) is 0.348. The van der Waals surface area contributed by atoms with Crippen molar-refractivity contribution >= 4 is 17.6 Å². The molecule has 34 heavy (non-hydrogen) atoms. The largest absolute Gasteiger partial charge is 0.493 e. The van der Waals surface area contributed by atoms with Gasteiger partial charge in [0.1, 0.15) is 11.5 Å². The number of benzene rings is 1. The number of alkyl halides is 3. The Morgan fingerprint density at radius 1 is 1.12 bits per heavy atom. The van der Waals surface area contributed by atoms with Crippen LogP contribution < -0.4 is 14.2 Å². The lowest BCUT2D eigenvalue weighted by atomic mass is 9.98. The average Bonchev–Trinajstić information content (AvgIpc) is 3.43. The molecule has 1 aromatic carbocycles. The number of esters is 2. The number of aromatic nitrogens is 2. The summed E-state index contributed by atoms with van der Waals surface area (Å²) < 4.78 is 59.5. The molecule has 0 spiro atoms. The SMILES string of the molecule is O=C(CC1COc2cc(OCCCCOc3cccn4ccnc34)ccc21)OC(=O)C(F)(F)F. The van der Waals surface area contributed by atoms with E-state index < -0.39 is 30.5 Å². The molecule has 11 heteroatoms. The Hall–Kier alpha value is -3.76. The Labute approximate surface area is 192 Å². The molecule has 8 nitrogen and oxygen atoms in total. The number of nitrogens with zero attached hydrogens (tertiary/aromatic N) is 2. The van der Waals surface area contributed by atoms with Gasteiger partial charge in [-0.1, -0.05) is 6.07 Å². The van der Waals surface area contributed by atoms with Crippen LogP contribution in [0.25, 0.3) is 5.65 Å². The number of imidazole rings is 1. The maximum absolute atomic E-state index is 12.2. The molecular formula is C23H21F3N2O6. The van der Waals surface area contributed by atoms with Crippen LogP contribution >= 0.6 is 0 Å². The molecule has 0 saturated heterocycles. The van der Waals surface area contributed by atoms with Gasteiger partial charge in [0.15, 0.2) is 11.4 Å². The Bertz CT molecular complexity index is 1180. The third kappa shape index (κ3) is 5.59. The second-order valence-corrected chi connectivity index (χ2v) is 7.61. The average molecular weight is 478 g/mol. The van der Waals surface area contributed by atoms with Gasteiger partial charge in [0.05, 0.1) is 26.2 Å². The van der Waals surface area contributed by atoms with Gasteiger partial charge in [-0.15, -0.1) is 0 Å². The van der Waals surface area contributed by atoms with Crippen LogP contribution in [0.3, 0.4) is 0 Å². The number of pyridine rings is 1. The van der Waals surface area contributed by atoms with E-state index in [4.69, 9.17) is 14.2 Å². The summed E-state index contributed by atoms with van der Waals surface area (Å²) in [6.07, 6.45) is 1.35. The Morgan fingerprint density at radius 2 is 1.91 bits per heavy atom. The molecule has 180 valence electrons. The summed E-state index contributed by atoms with van der Waals surface area (Å²) in [5, 5.41) is 0. The number of ether oxygens (including phenoxy) is 4. The Kier molecular flexibility index (Phi) is 6.90. The van der Waals surface area contributed by atoms with Gasteiger partial charge in [0, 0.05) is 36.1 Å². The maximum atomic E-state index is 12.2. The van der Waals surface area contributed by atoms with Crippen molar-refractivity contribution in [2.24, 2.45) is 0 Å². The van der Waals surface area contributed by atoms with Crippen molar-refractivity contribution in [3.63, 3.8) is 0 Å². The summed E-state index contributed by atoms with van der Waals surface area (Å²) in [6.45, 7) is 1.05. The highest BCUT2D eigenvalue weighted by Gasteiger charge is 2.43. The number of hydrogen-bond donors (Lipinski definition) is 0. The third-order valence-electron chi connectivity index (χ3n) is 5.16. The fourth-order valence-corrected chi connectivity index (χ4v) is 3.53. The first-order valence-electron chi connectivity index (χ1n) is 10.6. The number of carbonyl (C=O) groups is 2. The maximum Gasteiger partial charge on any atom is 0.491 e. The van der Waals surface area contributed by atoms with E-state index in [2.05, 4.69) is 9.72 Å². The molecular weight excluding hydrogens is 457 g/mol. The number of rotatable bonds is 9. The van der Waals surface area contributed by atoms with Crippen LogP contribution in [0.4, 0.5) is 13.2 Å². The molecule has 3 heterocycles. The Morgan fingerprint density at radius 3 is 2.71 bits per heavy atom. The summed E-state index contributed by atoms with van der Waals surface area (Å²) in [5.74, 6) is -2.52. The zero-order valence-corrected chi connectivity index (χ0v) is 17.9. The van der Waals surface area contributed by atoms with Crippen molar-refractivity contribution in [3.05, 3.63) is 54.5 Å². The lowest BCUT2D eigenvalue weighted by Crippen LogP contribution is -2.28. The molecule has 0 amide bonds. The van der Waals surface area contributed by atoms with E-state index in [0.29, 0.717) is 36.0 Å². The highest BCUT2D eigenvalue weighted by atomic mass is 19.4. The van der Waals surface area contributed by atoms with Crippen molar-refractivity contribution in [2.75, 3.05) is 19.8 Å². The summed E-state index contributed by atoms with van der Waals surface area (Å²) in [7, 11) is 0. The number of hydrogen-bond acceptors (Lipinski definition) is 7. The third-order valence-corrected chi connectivity index (χ3v) is 5.16. The van der Waals surface area contributed by atoms with Gasteiger partial charge in [-0.3, -0.25) is 4.79 Å². The predicted molar refractivity (Wildman–Crippen MR) is 112 cm³/mol. The van der Waals surface area contributed by atoms with Crippen LogP contribution in [0.2, 0.25) is 0 Å². The molecule has 4 rings (SSSR count). The molecule has 1 atom stereocenters. The Balaban J connectivity index is 1.20. The van der Waals surface area contributed by atoms with Crippen molar-refractivity contribution in [1.29, 1.82) is 0 Å². The van der Waals surface area contributed by atoms with Crippen molar-refractivity contribution in [1.82, 2.24) is 9.38 Å². The minimum absolute atomic E-state index is 0.0920. The fourth-order valence-electron chi connectivity index (χ4n) is 3.53. The molecule has 1 aliphatic rings. The molecule has 0 radical (unpaired) electrons. The van der Waals surface area contributed by atoms with E-state index >= 15 is 0 Å². The first kappa shape index (κ1) is 23.4. The van der Waals surface area contributed by atoms with Gasteiger partial charge < -0.3 is 23.3 Å². The van der Waals surface area contributed by atoms with Gasteiger partial charge >= 0.3 is 18.1 Å². The van der Waals surface area contributed by atoms with Crippen molar-refractivity contribution in [2.45, 2.75) is 31.4 Å². The second-order valence-electron chi connectivity index (χ2n) is 7.61. The smallest absolute Gasteiger partial charge is 0.491 e. The van der Waals surface area contributed by atoms with E-state index in [1.54, 1.807) is 24.4 Å². The zero-order chi connectivity index (χ0) is 24.1. The second kappa shape index (κ2) is 10.0. The molecule has 0 bridgehead atoms. The molecule has 0 N–H and O–H groups in total. The molecule has 0 saturated carbocycles. The predicted octanol–water partition coefficient (Wildman–Crippen LogP) is 4.07. The number of carbonyl (C=O) groups excluding carboxylic acids is 2. The van der Waals surface area contributed by atoms with E-state index in [0.717, 1.165) is 18.5 Å². The normalized spacial score (nSPS) is 15.0. The van der Waals surface area contributed by atoms with Crippen LogP contribution in [-0.4, -0.2) is 47.3 Å². The van der Waals surface area contributed by atoms with E-state index in [1.165, 1.54) is 0 Å². The number of unbranched alkanes of at least 4 members (excludes halogenated alkanes) is 1. The standard InChI is InChI=1S/C23H21F3N2O6/c24-23(25,26)22(30)34-20(29)12-15-14-33-19-13-16(5-6-17(15)19)31-10-1-2-11-32-18-4-3-8-28-9-7-27-21(18)28/h3-9,13,15H,1-2,10-12,14H2. The minimum atomic E-state index is -5.22. The number of halogens is 3. The van der Waals surface area contributed by atoms with Crippen LogP contribution in [0.15, 0.2) is 48.9 Å². The highest BCUT2D eigenvalue weighted by molar-refractivity contribution is 5.88. The quantitative estimate of drug-likeness (QED) is 0.260. The lowest BCUT2D eigenvalue weighted by molar-refractivity contribution is -0.202. The zero-order valence-electron chi connectivity index (χ0n) is 17.9. The first-order chi connectivity index (χ1) is 16.3. The molecule has 0 fully saturated rings. The van der Waals surface area contributed by atoms with Gasteiger partial charge in [-0.2, -0.15) is 13.2 Å². The van der Waals surface area contributed by atoms with Crippen molar-refractivity contribution in [3.8, 4) is 17.2 Å². The monoisotopic (exact) mass is 478 g/mol. The summed E-state index contributed by atoms with van der Waals surface area (Å²) in [4.78, 5) is 26.7. The molecule has 3 aromatic rings. The summed E-state index contributed by atoms with van der Waals surface area (Å²) in [5.41, 5.74) is 1.40. The van der Waals surface area contributed by atoms with E-state index in [9.17, 15) is 22.8 Å². The van der Waals surface area contributed by atoms with E-state index in [-0.39, 0.29) is 6.61 Å². The first-order valence-corrected chi connectivity index (χ1v) is 10.6. The van der Waals surface area contributed by atoms with E-state index in [1.807, 2.05) is 28.9 Å². The van der Waals surface area contributed by atoms with Crippen LogP contribution in [-0.2, 0) is 14.3 Å². The summed E-state index contributed by atoms with van der Waals surface area (Å²) >= 11 is 0. The van der Waals surface area contributed by atoms with Gasteiger partial charge in [-0.05, 0) is 31.0 Å². The molecule has 2 aromatic heterocycles. The minimum Gasteiger partial charge on any atom is -0.493 e.